The number of esters is 2. The zero-order valence-electron chi connectivity index (χ0n) is 48.5. The summed E-state index contributed by atoms with van der Waals surface area (Å²) in [6, 6.07) is 0. The monoisotopic (exact) mass is 1010 g/mol. The molecule has 2 N–H and O–H groups in total. The summed E-state index contributed by atoms with van der Waals surface area (Å²) < 4.78 is 10.6. The molecule has 0 radical (unpaired) electrons. The Balaban J connectivity index is 1.68. The maximum Gasteiger partial charge on any atom is 0.309 e. The zero-order chi connectivity index (χ0) is 51.8. The van der Waals surface area contributed by atoms with Gasteiger partial charge in [0.15, 0.2) is 0 Å². The minimum Gasteiger partial charge on any atom is -0.465 e. The number of aliphatic hydroxyl groups excluding tert-OH is 2. The predicted octanol–water partition coefficient (Wildman–Crippen LogP) is 20.7. The Morgan fingerprint density at radius 2 is 0.597 bits per heavy atom. The van der Waals surface area contributed by atoms with Crippen molar-refractivity contribution in [1.82, 2.24) is 0 Å². The molecule has 0 amide bonds. The Labute approximate surface area is 449 Å². The van der Waals surface area contributed by atoms with Gasteiger partial charge in [-0.2, -0.15) is 0 Å². The van der Waals surface area contributed by atoms with Crippen molar-refractivity contribution in [3.63, 3.8) is 0 Å². The molecular formula is C66H126O6. The fraction of sp³-hybridized carbons (Fsp3) is 0.939. The van der Waals surface area contributed by atoms with E-state index >= 15 is 0 Å². The Bertz CT molecular complexity index is 1130. The van der Waals surface area contributed by atoms with E-state index in [-0.39, 0.29) is 19.6 Å². The van der Waals surface area contributed by atoms with Crippen LogP contribution < -0.4 is 0 Å². The van der Waals surface area contributed by atoms with Crippen LogP contribution in [0, 0.1) is 11.3 Å². The van der Waals surface area contributed by atoms with E-state index in [2.05, 4.69) is 19.1 Å². The zero-order valence-corrected chi connectivity index (χ0v) is 48.5. The van der Waals surface area contributed by atoms with Crippen molar-refractivity contribution in [2.24, 2.45) is 11.3 Å². The highest BCUT2D eigenvalue weighted by molar-refractivity contribution is 5.80. The van der Waals surface area contributed by atoms with E-state index in [0.717, 1.165) is 19.3 Å². The molecule has 0 spiro atoms. The average molecular weight is 1020 g/mol. The highest BCUT2D eigenvalue weighted by Gasteiger charge is 2.36. The molecule has 1 fully saturated rings. The molecule has 6 nitrogen and oxygen atoms in total. The highest BCUT2D eigenvalue weighted by Crippen LogP contribution is 2.25. The summed E-state index contributed by atoms with van der Waals surface area (Å²) in [7, 11) is 0. The molecule has 1 atom stereocenters. The van der Waals surface area contributed by atoms with Crippen molar-refractivity contribution >= 4 is 11.9 Å². The lowest BCUT2D eigenvalue weighted by molar-refractivity contribution is -0.155. The van der Waals surface area contributed by atoms with Crippen LogP contribution in [0.3, 0.4) is 0 Å². The van der Waals surface area contributed by atoms with Gasteiger partial charge in [0.05, 0.1) is 31.0 Å². The van der Waals surface area contributed by atoms with Crippen molar-refractivity contribution < 1.29 is 29.3 Å². The van der Waals surface area contributed by atoms with Gasteiger partial charge in [0.25, 0.3) is 0 Å². The summed E-state index contributed by atoms with van der Waals surface area (Å²) in [5.74, 6) is -1.41. The maximum absolute atomic E-state index is 12.5. The van der Waals surface area contributed by atoms with Crippen molar-refractivity contribution in [3.8, 4) is 0 Å². The Hall–Kier alpha value is -1.40. The van der Waals surface area contributed by atoms with Crippen molar-refractivity contribution in [2.45, 2.75) is 360 Å². The van der Waals surface area contributed by atoms with Crippen LogP contribution in [0.25, 0.3) is 0 Å². The second-order valence-electron chi connectivity index (χ2n) is 23.5. The summed E-state index contributed by atoms with van der Waals surface area (Å²) >= 11 is 0. The van der Waals surface area contributed by atoms with Gasteiger partial charge in [-0.05, 0) is 32.1 Å². The number of aliphatic hydroxyl groups is 2. The first-order valence-corrected chi connectivity index (χ1v) is 32.8. The van der Waals surface area contributed by atoms with Crippen LogP contribution in [0.1, 0.15) is 360 Å². The molecule has 1 unspecified atom stereocenters. The average Bonchev–Trinajstić information content (AvgIpc) is 3.45. The normalized spacial score (nSPS) is 15.2. The van der Waals surface area contributed by atoms with Gasteiger partial charge >= 0.3 is 11.9 Å². The van der Waals surface area contributed by atoms with Gasteiger partial charge in [-0.15, -0.1) is 0 Å². The van der Waals surface area contributed by atoms with Crippen LogP contribution in [0.2, 0.25) is 0 Å². The van der Waals surface area contributed by atoms with Crippen LogP contribution in [0.5, 0.6) is 0 Å². The lowest BCUT2D eigenvalue weighted by Gasteiger charge is -2.27. The number of carbonyl (C=O) groups is 2. The number of hydrogen-bond donors (Lipinski definition) is 2. The largest absolute Gasteiger partial charge is 0.465 e. The number of allylic oxidation sites excluding steroid dienone is 2. The first kappa shape index (κ1) is 68.6. The second-order valence-corrected chi connectivity index (χ2v) is 23.5. The van der Waals surface area contributed by atoms with E-state index in [4.69, 9.17) is 9.47 Å². The van der Waals surface area contributed by atoms with Crippen LogP contribution in [-0.4, -0.2) is 48.6 Å². The molecule has 0 aliphatic carbocycles. The number of carbonyl (C=O) groups excluding carboxylic acids is 2. The summed E-state index contributed by atoms with van der Waals surface area (Å²) in [5.41, 5.74) is -1.13. The molecule has 1 rings (SSSR count). The first-order chi connectivity index (χ1) is 35.6. The standard InChI is InChI=1S/C66H126O6/c1-2-3-4-5-6-7-8-9-10-11-12-13-14-15-16-17-18-19-20-21-22-23-24-25-26-27-28-29-30-31-32-33-34-35-36-37-38-39-40-41-42-43-44-45-46-47-48-49-50-51-52-53-54-55-56-57-63-58-64(69)71-61-66(59-67,60-68)62-72-65(63)70/h47-48,63,67-68H,2-46,49-62H2,1H3/b48-47+. The summed E-state index contributed by atoms with van der Waals surface area (Å²) in [6.07, 6.45) is 80.2. The van der Waals surface area contributed by atoms with Crippen molar-refractivity contribution in [3.05, 3.63) is 12.2 Å². The number of hydrogen-bond acceptors (Lipinski definition) is 6. The Morgan fingerprint density at radius 3 is 0.861 bits per heavy atom. The second kappa shape index (κ2) is 55.8. The van der Waals surface area contributed by atoms with Crippen molar-refractivity contribution in [1.29, 1.82) is 0 Å². The third-order valence-corrected chi connectivity index (χ3v) is 16.3. The van der Waals surface area contributed by atoms with Gasteiger partial charge in [-0.1, -0.05) is 334 Å². The minimum absolute atomic E-state index is 0.000850. The lowest BCUT2D eigenvalue weighted by atomic mass is 9.92. The molecule has 0 saturated carbocycles. The first-order valence-electron chi connectivity index (χ1n) is 32.8. The highest BCUT2D eigenvalue weighted by atomic mass is 16.6. The van der Waals surface area contributed by atoms with Gasteiger partial charge in [0.2, 0.25) is 0 Å². The predicted molar refractivity (Wildman–Crippen MR) is 311 cm³/mol. The molecule has 0 bridgehead atoms. The van der Waals surface area contributed by atoms with E-state index in [1.165, 1.54) is 321 Å². The van der Waals surface area contributed by atoms with Gasteiger partial charge in [0.1, 0.15) is 13.2 Å². The minimum atomic E-state index is -1.13. The van der Waals surface area contributed by atoms with Gasteiger partial charge in [-0.25, -0.2) is 0 Å². The van der Waals surface area contributed by atoms with Crippen LogP contribution in [-0.2, 0) is 19.1 Å². The molecule has 1 aliphatic heterocycles. The van der Waals surface area contributed by atoms with Crippen LogP contribution in [0.4, 0.5) is 0 Å². The number of cyclic esters (lactones) is 2. The molecular weight excluding hydrogens is 889 g/mol. The summed E-state index contributed by atoms with van der Waals surface area (Å²) in [6.45, 7) is 1.20. The lowest BCUT2D eigenvalue weighted by Crippen LogP contribution is -2.40. The molecule has 0 aromatic rings. The molecule has 426 valence electrons. The van der Waals surface area contributed by atoms with Gasteiger partial charge in [-0.3, -0.25) is 9.59 Å². The van der Waals surface area contributed by atoms with Crippen LogP contribution in [0.15, 0.2) is 12.2 Å². The topological polar surface area (TPSA) is 93.1 Å². The fourth-order valence-corrected chi connectivity index (χ4v) is 10.9. The number of unbranched alkanes of at least 4 members (excludes halogenated alkanes) is 51. The molecule has 0 aromatic heterocycles. The van der Waals surface area contributed by atoms with E-state index in [9.17, 15) is 19.8 Å². The molecule has 1 aliphatic rings. The Morgan fingerprint density at radius 1 is 0.361 bits per heavy atom. The molecule has 0 aromatic carbocycles. The smallest absolute Gasteiger partial charge is 0.309 e. The van der Waals surface area contributed by atoms with Gasteiger partial charge in [0, 0.05) is 0 Å². The molecule has 1 heterocycles. The fourth-order valence-electron chi connectivity index (χ4n) is 10.9. The molecule has 1 saturated heterocycles. The SMILES string of the molecule is CCCCCCCCCCCCCCCCCCCCCCCCCCCCCCCCCCCCCCCCCCCCCC/C=C/CCCCCCCCCC1CC(=O)OCC(CO)(CO)COC1=O. The van der Waals surface area contributed by atoms with Crippen LogP contribution >= 0.6 is 0 Å². The maximum atomic E-state index is 12.5. The number of ether oxygens (including phenoxy) is 2. The van der Waals surface area contributed by atoms with Gasteiger partial charge < -0.3 is 19.7 Å². The Kier molecular flexibility index (Phi) is 53.2. The summed E-state index contributed by atoms with van der Waals surface area (Å²) in [4.78, 5) is 24.7. The molecule has 72 heavy (non-hydrogen) atoms. The van der Waals surface area contributed by atoms with E-state index in [1.54, 1.807) is 0 Å². The quantitative estimate of drug-likeness (QED) is 0.0358. The van der Waals surface area contributed by atoms with E-state index in [1.807, 2.05) is 0 Å². The van der Waals surface area contributed by atoms with E-state index in [0.29, 0.717) is 6.42 Å². The summed E-state index contributed by atoms with van der Waals surface area (Å²) in [5, 5.41) is 19.2. The third kappa shape index (κ3) is 47.1. The van der Waals surface area contributed by atoms with Crippen molar-refractivity contribution in [2.75, 3.05) is 26.4 Å². The third-order valence-electron chi connectivity index (χ3n) is 16.3. The number of rotatable bonds is 57. The molecule has 6 heteroatoms. The van der Waals surface area contributed by atoms with E-state index < -0.39 is 36.5 Å².